The molecule has 3 aromatic rings. The SMILES string of the molecule is CC1(C)CS(=O)(=O)N(c2ccc(C(=O)Nc3nc4ccc(Cl)cc4s3)cc2)C1=O. The van der Waals surface area contributed by atoms with E-state index in [1.807, 2.05) is 0 Å². The van der Waals surface area contributed by atoms with Crippen LogP contribution in [0.3, 0.4) is 0 Å². The highest BCUT2D eigenvalue weighted by Crippen LogP contribution is 2.36. The van der Waals surface area contributed by atoms with Gasteiger partial charge in [0.1, 0.15) is 0 Å². The molecule has 0 aliphatic carbocycles. The van der Waals surface area contributed by atoms with Crippen LogP contribution in [0.2, 0.25) is 5.02 Å². The summed E-state index contributed by atoms with van der Waals surface area (Å²) in [6, 6.07) is 11.1. The van der Waals surface area contributed by atoms with Crippen molar-refractivity contribution in [2.24, 2.45) is 5.41 Å². The molecule has 0 unspecified atom stereocenters. The molecule has 0 radical (unpaired) electrons. The maximum Gasteiger partial charge on any atom is 0.257 e. The van der Waals surface area contributed by atoms with Gasteiger partial charge in [0.25, 0.3) is 5.91 Å². The highest BCUT2D eigenvalue weighted by molar-refractivity contribution is 7.94. The molecule has 0 spiro atoms. The molecule has 1 N–H and O–H groups in total. The van der Waals surface area contributed by atoms with Crippen LogP contribution in [0.25, 0.3) is 10.2 Å². The maximum absolute atomic E-state index is 12.5. The molecule has 1 aromatic heterocycles. The number of nitrogens with zero attached hydrogens (tertiary/aromatic N) is 2. The summed E-state index contributed by atoms with van der Waals surface area (Å²) >= 11 is 7.27. The Morgan fingerprint density at radius 1 is 1.21 bits per heavy atom. The van der Waals surface area contributed by atoms with Crippen molar-refractivity contribution in [1.82, 2.24) is 4.98 Å². The van der Waals surface area contributed by atoms with E-state index in [0.717, 1.165) is 14.5 Å². The van der Waals surface area contributed by atoms with Gasteiger partial charge < -0.3 is 0 Å². The number of hydrogen-bond donors (Lipinski definition) is 1. The zero-order chi connectivity index (χ0) is 21.0. The summed E-state index contributed by atoms with van der Waals surface area (Å²) in [5, 5.41) is 3.73. The minimum atomic E-state index is -3.73. The number of benzene rings is 2. The number of nitrogens with one attached hydrogen (secondary N) is 1. The number of thiazole rings is 1. The predicted molar refractivity (Wildman–Crippen MR) is 114 cm³/mol. The number of carbonyl (C=O) groups excluding carboxylic acids is 2. The lowest BCUT2D eigenvalue weighted by Crippen LogP contribution is -2.32. The molecule has 1 fully saturated rings. The molecule has 2 aromatic carbocycles. The first kappa shape index (κ1) is 19.8. The number of aromatic nitrogens is 1. The average Bonchev–Trinajstić information content (AvgIpc) is 3.09. The largest absolute Gasteiger partial charge is 0.298 e. The zero-order valence-corrected chi connectivity index (χ0v) is 17.9. The van der Waals surface area contributed by atoms with Crippen LogP contribution in [-0.4, -0.2) is 31.0 Å². The quantitative estimate of drug-likeness (QED) is 0.654. The number of sulfonamides is 1. The lowest BCUT2D eigenvalue weighted by atomic mass is 9.95. The number of carbonyl (C=O) groups is 2. The van der Waals surface area contributed by atoms with Crippen LogP contribution in [0.4, 0.5) is 10.8 Å². The van der Waals surface area contributed by atoms with E-state index in [2.05, 4.69) is 10.3 Å². The lowest BCUT2D eigenvalue weighted by Gasteiger charge is -2.17. The van der Waals surface area contributed by atoms with E-state index in [4.69, 9.17) is 11.6 Å². The van der Waals surface area contributed by atoms with Gasteiger partial charge in [0, 0.05) is 10.6 Å². The number of amides is 2. The minimum absolute atomic E-state index is 0.215. The van der Waals surface area contributed by atoms with E-state index >= 15 is 0 Å². The Morgan fingerprint density at radius 3 is 2.52 bits per heavy atom. The van der Waals surface area contributed by atoms with Gasteiger partial charge in [-0.25, -0.2) is 17.7 Å². The molecule has 7 nitrogen and oxygen atoms in total. The molecule has 0 saturated carbocycles. The van der Waals surface area contributed by atoms with Crippen LogP contribution >= 0.6 is 22.9 Å². The molecule has 2 heterocycles. The van der Waals surface area contributed by atoms with Crippen molar-refractivity contribution in [3.63, 3.8) is 0 Å². The fourth-order valence-corrected chi connectivity index (χ4v) is 6.38. The Bertz CT molecular complexity index is 1250. The average molecular weight is 450 g/mol. The van der Waals surface area contributed by atoms with Gasteiger partial charge in [-0.15, -0.1) is 0 Å². The minimum Gasteiger partial charge on any atom is -0.298 e. The second-order valence-electron chi connectivity index (χ2n) is 7.34. The first-order chi connectivity index (χ1) is 13.6. The first-order valence-corrected chi connectivity index (χ1v) is 11.4. The summed E-state index contributed by atoms with van der Waals surface area (Å²) in [6.45, 7) is 3.19. The van der Waals surface area contributed by atoms with Crippen molar-refractivity contribution in [1.29, 1.82) is 0 Å². The molecule has 29 heavy (non-hydrogen) atoms. The second-order valence-corrected chi connectivity index (χ2v) is 10.6. The highest BCUT2D eigenvalue weighted by atomic mass is 35.5. The Morgan fingerprint density at radius 2 is 1.90 bits per heavy atom. The molecule has 1 saturated heterocycles. The van der Waals surface area contributed by atoms with Crippen molar-refractivity contribution >= 4 is 65.8 Å². The molecule has 4 rings (SSSR count). The van der Waals surface area contributed by atoms with Crippen molar-refractivity contribution < 1.29 is 18.0 Å². The van der Waals surface area contributed by atoms with Crippen molar-refractivity contribution in [2.75, 3.05) is 15.4 Å². The van der Waals surface area contributed by atoms with Crippen LogP contribution in [0.1, 0.15) is 24.2 Å². The summed E-state index contributed by atoms with van der Waals surface area (Å²) in [6.07, 6.45) is 0. The normalized spacial score (nSPS) is 17.6. The monoisotopic (exact) mass is 449 g/mol. The highest BCUT2D eigenvalue weighted by Gasteiger charge is 2.49. The third kappa shape index (κ3) is 3.61. The second kappa shape index (κ2) is 6.79. The lowest BCUT2D eigenvalue weighted by molar-refractivity contribution is -0.123. The van der Waals surface area contributed by atoms with Crippen LogP contribution in [-0.2, 0) is 14.8 Å². The fourth-order valence-electron chi connectivity index (χ4n) is 3.13. The Hall–Kier alpha value is -2.49. The fraction of sp³-hybridized carbons (Fsp3) is 0.211. The van der Waals surface area contributed by atoms with Gasteiger partial charge in [0.2, 0.25) is 15.9 Å². The van der Waals surface area contributed by atoms with Crippen LogP contribution in [0, 0.1) is 5.41 Å². The maximum atomic E-state index is 12.5. The van der Waals surface area contributed by atoms with E-state index in [0.29, 0.717) is 15.7 Å². The van der Waals surface area contributed by atoms with E-state index in [-0.39, 0.29) is 11.4 Å². The summed E-state index contributed by atoms with van der Waals surface area (Å²) in [4.78, 5) is 29.3. The van der Waals surface area contributed by atoms with E-state index in [9.17, 15) is 18.0 Å². The standard InChI is InChI=1S/C19H16ClN3O4S2/c1-19(2)10-29(26,27)23(17(19)25)13-6-3-11(4-7-13)16(24)22-18-21-14-8-5-12(20)9-15(14)28-18/h3-9H,10H2,1-2H3,(H,21,22,24). The third-order valence-corrected chi connectivity index (χ3v) is 7.71. The van der Waals surface area contributed by atoms with E-state index < -0.39 is 27.3 Å². The Kier molecular flexibility index (Phi) is 4.64. The molecule has 2 amide bonds. The van der Waals surface area contributed by atoms with Crippen molar-refractivity contribution in [3.05, 3.63) is 53.1 Å². The summed E-state index contributed by atoms with van der Waals surface area (Å²) in [5.74, 6) is -1.12. The van der Waals surface area contributed by atoms with Gasteiger partial charge in [-0.1, -0.05) is 22.9 Å². The number of rotatable bonds is 3. The Balaban J connectivity index is 1.56. The van der Waals surface area contributed by atoms with Gasteiger partial charge in [0.15, 0.2) is 5.13 Å². The molecule has 1 aliphatic rings. The number of fused-ring (bicyclic) bond motifs is 1. The topological polar surface area (TPSA) is 96.4 Å². The van der Waals surface area contributed by atoms with Crippen LogP contribution < -0.4 is 9.62 Å². The predicted octanol–water partition coefficient (Wildman–Crippen LogP) is 3.90. The molecule has 10 heteroatoms. The van der Waals surface area contributed by atoms with Gasteiger partial charge in [0.05, 0.1) is 27.1 Å². The molecular formula is C19H16ClN3O4S2. The number of halogens is 1. The molecule has 1 aliphatic heterocycles. The molecule has 0 atom stereocenters. The smallest absolute Gasteiger partial charge is 0.257 e. The number of anilines is 2. The van der Waals surface area contributed by atoms with Crippen LogP contribution in [0.15, 0.2) is 42.5 Å². The summed E-state index contributed by atoms with van der Waals surface area (Å²) in [7, 11) is -3.73. The summed E-state index contributed by atoms with van der Waals surface area (Å²) < 4.78 is 26.4. The van der Waals surface area contributed by atoms with Gasteiger partial charge in [-0.05, 0) is 56.3 Å². The third-order valence-electron chi connectivity index (χ3n) is 4.52. The summed E-state index contributed by atoms with van der Waals surface area (Å²) in [5.41, 5.74) is 0.275. The van der Waals surface area contributed by atoms with Crippen molar-refractivity contribution in [2.45, 2.75) is 13.8 Å². The van der Waals surface area contributed by atoms with E-state index in [1.165, 1.54) is 35.6 Å². The first-order valence-electron chi connectivity index (χ1n) is 8.62. The Labute approximate surface area is 176 Å². The molecular weight excluding hydrogens is 434 g/mol. The van der Waals surface area contributed by atoms with Gasteiger partial charge >= 0.3 is 0 Å². The molecule has 150 valence electrons. The van der Waals surface area contributed by atoms with Gasteiger partial charge in [-0.2, -0.15) is 0 Å². The van der Waals surface area contributed by atoms with E-state index in [1.54, 1.807) is 32.0 Å². The van der Waals surface area contributed by atoms with Crippen molar-refractivity contribution in [3.8, 4) is 0 Å². The van der Waals surface area contributed by atoms with Crippen LogP contribution in [0.5, 0.6) is 0 Å². The van der Waals surface area contributed by atoms with Gasteiger partial charge in [-0.3, -0.25) is 14.9 Å². The molecule has 0 bridgehead atoms. The zero-order valence-electron chi connectivity index (χ0n) is 15.5. The number of hydrogen-bond acceptors (Lipinski definition) is 6.